The van der Waals surface area contributed by atoms with E-state index >= 15 is 0 Å². The third kappa shape index (κ3) is 6.67. The monoisotopic (exact) mass is 503 g/mol. The summed E-state index contributed by atoms with van der Waals surface area (Å²) in [5.74, 6) is 1.82. The molecule has 0 saturated heterocycles. The van der Waals surface area contributed by atoms with Crippen molar-refractivity contribution in [2.45, 2.75) is 52.0 Å². The van der Waals surface area contributed by atoms with Crippen LogP contribution in [0.3, 0.4) is 0 Å². The van der Waals surface area contributed by atoms with Gasteiger partial charge in [0.25, 0.3) is 5.91 Å². The van der Waals surface area contributed by atoms with Crippen LogP contribution in [0.25, 0.3) is 11.0 Å². The minimum absolute atomic E-state index is 0.112. The molecule has 0 spiro atoms. The number of carbonyl (C=O) groups is 1. The number of benzene rings is 3. The lowest BCUT2D eigenvalue weighted by molar-refractivity contribution is 0.0953. The first-order valence-electron chi connectivity index (χ1n) is 12.5. The minimum atomic E-state index is -0.112. The van der Waals surface area contributed by atoms with Crippen LogP contribution in [0.4, 0.5) is 0 Å². The average molecular weight is 504 g/mol. The summed E-state index contributed by atoms with van der Waals surface area (Å²) >= 11 is 6.00. The summed E-state index contributed by atoms with van der Waals surface area (Å²) in [6.07, 6.45) is 2.45. The Morgan fingerprint density at radius 2 is 1.78 bits per heavy atom. The quantitative estimate of drug-likeness (QED) is 0.241. The van der Waals surface area contributed by atoms with Crippen LogP contribution in [0.2, 0.25) is 5.02 Å². The smallest absolute Gasteiger partial charge is 0.251 e. The van der Waals surface area contributed by atoms with Gasteiger partial charge in [0.2, 0.25) is 0 Å². The summed E-state index contributed by atoms with van der Waals surface area (Å²) in [6, 6.07) is 23.6. The van der Waals surface area contributed by atoms with Crippen molar-refractivity contribution < 1.29 is 9.53 Å². The van der Waals surface area contributed by atoms with Crippen LogP contribution < -0.4 is 10.1 Å². The van der Waals surface area contributed by atoms with E-state index in [1.807, 2.05) is 18.2 Å². The average Bonchev–Trinajstić information content (AvgIpc) is 3.21. The van der Waals surface area contributed by atoms with Gasteiger partial charge in [0, 0.05) is 30.1 Å². The molecule has 0 bridgehead atoms. The Kier molecular flexibility index (Phi) is 8.32. The molecule has 0 atom stereocenters. The normalized spacial score (nSPS) is 11.6. The molecule has 0 saturated carbocycles. The molecule has 1 aromatic heterocycles. The fraction of sp³-hybridized carbons (Fsp3) is 0.333. The number of carbonyl (C=O) groups excluding carboxylic acids is 1. The zero-order valence-corrected chi connectivity index (χ0v) is 22.0. The molecule has 36 heavy (non-hydrogen) atoms. The second kappa shape index (κ2) is 11.6. The number of imidazole rings is 1. The minimum Gasteiger partial charge on any atom is -0.494 e. The van der Waals surface area contributed by atoms with Crippen molar-refractivity contribution in [3.63, 3.8) is 0 Å². The standard InChI is InChI=1S/C30H34ClN3O2/c1-30(2,3)23-14-16-25(17-15-23)36-20-8-19-34-27-12-5-4-11-26(27)33-28(34)13-7-18-32-29(35)22-9-6-10-24(31)21-22/h4-6,9-12,14-17,21H,7-8,13,18-20H2,1-3H3,(H,32,35). The van der Waals surface area contributed by atoms with Crippen LogP contribution in [0.1, 0.15) is 55.4 Å². The molecule has 0 aliphatic heterocycles. The van der Waals surface area contributed by atoms with E-state index in [0.717, 1.165) is 48.4 Å². The van der Waals surface area contributed by atoms with Crippen molar-refractivity contribution in [2.75, 3.05) is 13.2 Å². The number of nitrogens with one attached hydrogen (secondary N) is 1. The molecule has 0 aliphatic carbocycles. The summed E-state index contributed by atoms with van der Waals surface area (Å²) in [7, 11) is 0. The van der Waals surface area contributed by atoms with Gasteiger partial charge >= 0.3 is 0 Å². The highest BCUT2D eigenvalue weighted by atomic mass is 35.5. The Labute approximate surface area is 218 Å². The highest BCUT2D eigenvalue weighted by Gasteiger charge is 2.13. The molecule has 3 aromatic carbocycles. The number of halogens is 1. The summed E-state index contributed by atoms with van der Waals surface area (Å²) in [4.78, 5) is 17.2. The van der Waals surface area contributed by atoms with Crippen molar-refractivity contribution >= 4 is 28.5 Å². The topological polar surface area (TPSA) is 56.1 Å². The molecule has 1 amide bonds. The Balaban J connectivity index is 1.31. The van der Waals surface area contributed by atoms with Crippen molar-refractivity contribution in [1.29, 1.82) is 0 Å². The van der Waals surface area contributed by atoms with E-state index in [2.05, 4.69) is 61.0 Å². The number of para-hydroxylation sites is 2. The maximum absolute atomic E-state index is 12.4. The molecule has 1 heterocycles. The molecule has 6 heteroatoms. The number of rotatable bonds is 10. The summed E-state index contributed by atoms with van der Waals surface area (Å²) in [6.45, 7) is 8.67. The maximum Gasteiger partial charge on any atom is 0.251 e. The van der Waals surface area contributed by atoms with Crippen LogP contribution in [0.15, 0.2) is 72.8 Å². The Hall–Kier alpha value is -3.31. The molecule has 1 N–H and O–H groups in total. The molecule has 188 valence electrons. The van der Waals surface area contributed by atoms with E-state index in [-0.39, 0.29) is 11.3 Å². The third-order valence-corrected chi connectivity index (χ3v) is 6.43. The molecule has 5 nitrogen and oxygen atoms in total. The largest absolute Gasteiger partial charge is 0.494 e. The first-order valence-corrected chi connectivity index (χ1v) is 12.9. The maximum atomic E-state index is 12.4. The number of hydrogen-bond acceptors (Lipinski definition) is 3. The van der Waals surface area contributed by atoms with E-state index in [9.17, 15) is 4.79 Å². The zero-order chi connectivity index (χ0) is 25.5. The van der Waals surface area contributed by atoms with E-state index in [1.165, 1.54) is 5.56 Å². The van der Waals surface area contributed by atoms with E-state index in [0.29, 0.717) is 23.7 Å². The van der Waals surface area contributed by atoms with Crippen molar-refractivity contribution in [1.82, 2.24) is 14.9 Å². The van der Waals surface area contributed by atoms with Crippen molar-refractivity contribution in [2.24, 2.45) is 0 Å². The van der Waals surface area contributed by atoms with Crippen LogP contribution in [0.5, 0.6) is 5.75 Å². The number of aryl methyl sites for hydroxylation is 2. The number of fused-ring (bicyclic) bond motifs is 1. The fourth-order valence-electron chi connectivity index (χ4n) is 4.21. The molecule has 4 rings (SSSR count). The second-order valence-corrected chi connectivity index (χ2v) is 10.5. The lowest BCUT2D eigenvalue weighted by atomic mass is 9.87. The summed E-state index contributed by atoms with van der Waals surface area (Å²) < 4.78 is 8.29. The Morgan fingerprint density at radius 1 is 1.00 bits per heavy atom. The number of aromatic nitrogens is 2. The van der Waals surface area contributed by atoms with Gasteiger partial charge in [-0.1, -0.05) is 62.7 Å². The van der Waals surface area contributed by atoms with E-state index in [4.69, 9.17) is 21.3 Å². The van der Waals surface area contributed by atoms with Crippen molar-refractivity contribution in [3.8, 4) is 5.75 Å². The number of hydrogen-bond donors (Lipinski definition) is 1. The summed E-state index contributed by atoms with van der Waals surface area (Å²) in [5, 5.41) is 3.54. The van der Waals surface area contributed by atoms with Gasteiger partial charge in [0.1, 0.15) is 11.6 Å². The van der Waals surface area contributed by atoms with Crippen LogP contribution in [-0.4, -0.2) is 28.6 Å². The molecule has 0 unspecified atom stereocenters. The highest BCUT2D eigenvalue weighted by Crippen LogP contribution is 2.24. The molecular weight excluding hydrogens is 470 g/mol. The SMILES string of the molecule is CC(C)(C)c1ccc(OCCCn2c(CCCNC(=O)c3cccc(Cl)c3)nc3ccccc32)cc1. The molecular formula is C30H34ClN3O2. The van der Waals surface area contributed by atoms with Crippen molar-refractivity contribution in [3.05, 3.63) is 94.8 Å². The fourth-order valence-corrected chi connectivity index (χ4v) is 4.40. The van der Waals surface area contributed by atoms with Gasteiger partial charge < -0.3 is 14.6 Å². The predicted molar refractivity (Wildman–Crippen MR) is 147 cm³/mol. The van der Waals surface area contributed by atoms with Gasteiger partial charge in [-0.25, -0.2) is 4.98 Å². The third-order valence-electron chi connectivity index (χ3n) is 6.20. The van der Waals surface area contributed by atoms with Gasteiger partial charge in [0.15, 0.2) is 0 Å². The van der Waals surface area contributed by atoms with E-state index < -0.39 is 0 Å². The van der Waals surface area contributed by atoms with Gasteiger partial charge in [-0.05, 0) is 66.3 Å². The lowest BCUT2D eigenvalue weighted by Crippen LogP contribution is -2.25. The molecule has 0 aliphatic rings. The second-order valence-electron chi connectivity index (χ2n) is 10.0. The Morgan fingerprint density at radius 3 is 2.53 bits per heavy atom. The first-order chi connectivity index (χ1) is 17.3. The molecule has 0 radical (unpaired) electrons. The molecule has 4 aromatic rings. The molecule has 0 fully saturated rings. The zero-order valence-electron chi connectivity index (χ0n) is 21.3. The van der Waals surface area contributed by atoms with Gasteiger partial charge in [-0.2, -0.15) is 0 Å². The van der Waals surface area contributed by atoms with Crippen LogP contribution in [0, 0.1) is 0 Å². The lowest BCUT2D eigenvalue weighted by Gasteiger charge is -2.19. The number of ether oxygens (including phenoxy) is 1. The van der Waals surface area contributed by atoms with Gasteiger partial charge in [0.05, 0.1) is 17.6 Å². The summed E-state index contributed by atoms with van der Waals surface area (Å²) in [5.41, 5.74) is 4.13. The highest BCUT2D eigenvalue weighted by molar-refractivity contribution is 6.30. The van der Waals surface area contributed by atoms with Gasteiger partial charge in [-0.3, -0.25) is 4.79 Å². The van der Waals surface area contributed by atoms with Crippen LogP contribution in [-0.2, 0) is 18.4 Å². The first kappa shape index (κ1) is 25.8. The van der Waals surface area contributed by atoms with Gasteiger partial charge in [-0.15, -0.1) is 0 Å². The van der Waals surface area contributed by atoms with Crippen LogP contribution >= 0.6 is 11.6 Å². The predicted octanol–water partition coefficient (Wildman–Crippen LogP) is 6.82. The number of nitrogens with zero attached hydrogens (tertiary/aromatic N) is 2. The Bertz CT molecular complexity index is 1310. The number of amides is 1. The van der Waals surface area contributed by atoms with E-state index in [1.54, 1.807) is 24.3 Å².